The van der Waals surface area contributed by atoms with E-state index in [2.05, 4.69) is 4.90 Å². The molecule has 1 N–H and O–H groups in total. The average Bonchev–Trinajstić information content (AvgIpc) is 2.60. The van der Waals surface area contributed by atoms with Gasteiger partial charge in [-0.05, 0) is 69.7 Å². The number of rotatable bonds is 9. The zero-order chi connectivity index (χ0) is 19.2. The maximum atomic E-state index is 12.9. The Morgan fingerprint density at radius 3 is 2.42 bits per heavy atom. The van der Waals surface area contributed by atoms with Crippen LogP contribution >= 0.6 is 0 Å². The van der Waals surface area contributed by atoms with Crippen molar-refractivity contribution in [2.45, 2.75) is 37.1 Å². The monoisotopic (exact) mass is 386 g/mol. The topological polar surface area (TPSA) is 77.9 Å². The van der Waals surface area contributed by atoms with Crippen molar-refractivity contribution in [3.05, 3.63) is 30.1 Å². The van der Waals surface area contributed by atoms with Crippen molar-refractivity contribution in [1.29, 1.82) is 0 Å². The maximum absolute atomic E-state index is 12.9. The third kappa shape index (κ3) is 6.03. The molecule has 0 amide bonds. The minimum Gasteiger partial charge on any atom is -0.480 e. The number of hydrogen-bond donors (Lipinski definition) is 1. The summed E-state index contributed by atoms with van der Waals surface area (Å²) in [7, 11) is -3.39. The molecule has 0 spiro atoms. The highest BCUT2D eigenvalue weighted by atomic mass is 32.2. The van der Waals surface area contributed by atoms with E-state index in [1.165, 1.54) is 12.1 Å². The second kappa shape index (κ2) is 9.43. The van der Waals surface area contributed by atoms with E-state index in [0.29, 0.717) is 19.5 Å². The van der Waals surface area contributed by atoms with Gasteiger partial charge in [0.25, 0.3) is 0 Å². The van der Waals surface area contributed by atoms with Gasteiger partial charge in [-0.1, -0.05) is 6.92 Å². The fourth-order valence-corrected chi connectivity index (χ4v) is 4.71. The van der Waals surface area contributed by atoms with Crippen LogP contribution in [0.2, 0.25) is 0 Å². The molecule has 6 nitrogen and oxygen atoms in total. The predicted octanol–water partition coefficient (Wildman–Crippen LogP) is 1.86. The molecule has 1 heterocycles. The van der Waals surface area contributed by atoms with Crippen LogP contribution < -0.4 is 0 Å². The number of piperidine rings is 1. The molecule has 26 heavy (non-hydrogen) atoms. The van der Waals surface area contributed by atoms with Crippen LogP contribution in [0.4, 0.5) is 4.39 Å². The van der Waals surface area contributed by atoms with Crippen LogP contribution in [-0.4, -0.2) is 73.8 Å². The van der Waals surface area contributed by atoms with Crippen LogP contribution in [0.25, 0.3) is 0 Å². The van der Waals surface area contributed by atoms with Crippen LogP contribution in [0.15, 0.2) is 29.2 Å². The number of aliphatic carboxylic acids is 1. The van der Waals surface area contributed by atoms with Crippen molar-refractivity contribution in [3.8, 4) is 0 Å². The first-order valence-corrected chi connectivity index (χ1v) is 10.6. The lowest BCUT2D eigenvalue weighted by Crippen LogP contribution is -2.46. The fourth-order valence-electron chi connectivity index (χ4n) is 3.42. The summed E-state index contributed by atoms with van der Waals surface area (Å²) < 4.78 is 37.4. The largest absolute Gasteiger partial charge is 0.480 e. The highest BCUT2D eigenvalue weighted by Crippen LogP contribution is 2.18. The van der Waals surface area contributed by atoms with Crippen LogP contribution in [0.3, 0.4) is 0 Å². The third-order valence-electron chi connectivity index (χ3n) is 4.88. The van der Waals surface area contributed by atoms with Gasteiger partial charge in [-0.3, -0.25) is 9.69 Å². The molecule has 1 aromatic rings. The molecule has 0 aromatic heterocycles. The number of likely N-dealkylation sites (N-methyl/N-ethyl adjacent to an activating group) is 1. The number of benzene rings is 1. The zero-order valence-electron chi connectivity index (χ0n) is 15.1. The summed E-state index contributed by atoms with van der Waals surface area (Å²) in [6.07, 6.45) is 2.31. The first kappa shape index (κ1) is 20.8. The first-order chi connectivity index (χ1) is 12.3. The van der Waals surface area contributed by atoms with Gasteiger partial charge in [-0.15, -0.1) is 0 Å². The number of hydrogen-bond acceptors (Lipinski definition) is 5. The van der Waals surface area contributed by atoms with Crippen molar-refractivity contribution >= 4 is 15.8 Å². The van der Waals surface area contributed by atoms with Crippen LogP contribution in [0.5, 0.6) is 0 Å². The van der Waals surface area contributed by atoms with Gasteiger partial charge >= 0.3 is 5.97 Å². The summed E-state index contributed by atoms with van der Waals surface area (Å²) in [5, 5.41) is 8.97. The van der Waals surface area contributed by atoms with E-state index in [1.807, 2.05) is 11.8 Å². The lowest BCUT2D eigenvalue weighted by atomic mass is 10.0. The predicted molar refractivity (Wildman–Crippen MR) is 97.4 cm³/mol. The molecule has 0 radical (unpaired) electrons. The molecule has 146 valence electrons. The number of carboxylic acids is 1. The standard InChI is InChI=1S/C18H27FN2O4S/c1-2-21(14-18(22)23)16-8-11-20(12-9-16)10-3-13-26(24,25)17-6-4-15(19)5-7-17/h4-7,16H,2-3,8-14H2,1H3,(H,22,23). The highest BCUT2D eigenvalue weighted by molar-refractivity contribution is 7.91. The van der Waals surface area contributed by atoms with Gasteiger partial charge in [-0.2, -0.15) is 0 Å². The van der Waals surface area contributed by atoms with E-state index < -0.39 is 21.6 Å². The Kier molecular flexibility index (Phi) is 7.55. The summed E-state index contributed by atoms with van der Waals surface area (Å²) >= 11 is 0. The summed E-state index contributed by atoms with van der Waals surface area (Å²) in [6.45, 7) is 5.13. The summed E-state index contributed by atoms with van der Waals surface area (Å²) in [5.41, 5.74) is 0. The zero-order valence-corrected chi connectivity index (χ0v) is 15.9. The molecule has 0 aliphatic carbocycles. The molecule has 1 fully saturated rings. The molecule has 2 rings (SSSR count). The molecule has 0 atom stereocenters. The van der Waals surface area contributed by atoms with E-state index >= 15 is 0 Å². The molecule has 0 saturated carbocycles. The molecule has 0 bridgehead atoms. The number of nitrogens with zero attached hydrogens (tertiary/aromatic N) is 2. The molecule has 1 aliphatic rings. The number of carboxylic acid groups (broad SMARTS) is 1. The molecule has 1 aliphatic heterocycles. The summed E-state index contributed by atoms with van der Waals surface area (Å²) in [5.74, 6) is -1.21. The Morgan fingerprint density at radius 2 is 1.88 bits per heavy atom. The lowest BCUT2D eigenvalue weighted by molar-refractivity contribution is -0.139. The van der Waals surface area contributed by atoms with Gasteiger partial charge in [0.1, 0.15) is 5.82 Å². The van der Waals surface area contributed by atoms with Gasteiger partial charge < -0.3 is 10.0 Å². The summed E-state index contributed by atoms with van der Waals surface area (Å²) in [6, 6.07) is 5.20. The Balaban J connectivity index is 1.76. The Labute approximate surface area is 154 Å². The van der Waals surface area contributed by atoms with Crippen molar-refractivity contribution in [2.24, 2.45) is 0 Å². The van der Waals surface area contributed by atoms with Crippen molar-refractivity contribution in [1.82, 2.24) is 9.80 Å². The normalized spacial score (nSPS) is 16.9. The summed E-state index contributed by atoms with van der Waals surface area (Å²) in [4.78, 5) is 15.3. The van der Waals surface area contributed by atoms with Gasteiger partial charge in [0.2, 0.25) is 0 Å². The van der Waals surface area contributed by atoms with Crippen molar-refractivity contribution in [3.63, 3.8) is 0 Å². The fraction of sp³-hybridized carbons (Fsp3) is 0.611. The maximum Gasteiger partial charge on any atom is 0.317 e. The van der Waals surface area contributed by atoms with Gasteiger partial charge in [0.05, 0.1) is 17.2 Å². The first-order valence-electron chi connectivity index (χ1n) is 8.98. The SMILES string of the molecule is CCN(CC(=O)O)C1CCN(CCCS(=O)(=O)c2ccc(F)cc2)CC1. The minimum absolute atomic E-state index is 0.0403. The Morgan fingerprint density at radius 1 is 1.27 bits per heavy atom. The van der Waals surface area contributed by atoms with Crippen molar-refractivity contribution < 1.29 is 22.7 Å². The molecule has 8 heteroatoms. The quantitative estimate of drug-likeness (QED) is 0.653. The number of likely N-dealkylation sites (tertiary alicyclic amines) is 1. The highest BCUT2D eigenvalue weighted by Gasteiger charge is 2.25. The van der Waals surface area contributed by atoms with Crippen LogP contribution in [-0.2, 0) is 14.6 Å². The van der Waals surface area contributed by atoms with E-state index in [0.717, 1.165) is 38.1 Å². The van der Waals surface area contributed by atoms with E-state index in [4.69, 9.17) is 5.11 Å². The van der Waals surface area contributed by atoms with E-state index in [9.17, 15) is 17.6 Å². The Bertz CT molecular complexity index is 686. The van der Waals surface area contributed by atoms with E-state index in [-0.39, 0.29) is 23.2 Å². The second-order valence-corrected chi connectivity index (χ2v) is 8.77. The number of halogens is 1. The van der Waals surface area contributed by atoms with Gasteiger partial charge in [0.15, 0.2) is 9.84 Å². The minimum atomic E-state index is -3.39. The third-order valence-corrected chi connectivity index (χ3v) is 6.69. The average molecular weight is 386 g/mol. The number of sulfone groups is 1. The van der Waals surface area contributed by atoms with Crippen LogP contribution in [0, 0.1) is 5.82 Å². The molecule has 1 aromatic carbocycles. The van der Waals surface area contributed by atoms with Gasteiger partial charge in [0, 0.05) is 6.04 Å². The smallest absolute Gasteiger partial charge is 0.317 e. The number of carbonyl (C=O) groups is 1. The van der Waals surface area contributed by atoms with Crippen LogP contribution in [0.1, 0.15) is 26.2 Å². The lowest BCUT2D eigenvalue weighted by Gasteiger charge is -2.37. The van der Waals surface area contributed by atoms with Gasteiger partial charge in [-0.25, -0.2) is 12.8 Å². The molecule has 1 saturated heterocycles. The van der Waals surface area contributed by atoms with E-state index in [1.54, 1.807) is 0 Å². The molecule has 0 unspecified atom stereocenters. The second-order valence-electron chi connectivity index (χ2n) is 6.66. The molecular formula is C18H27FN2O4S. The van der Waals surface area contributed by atoms with Crippen molar-refractivity contribution in [2.75, 3.05) is 38.5 Å². The Hall–Kier alpha value is -1.51. The molecular weight excluding hydrogens is 359 g/mol.